The molecule has 2 rings (SSSR count). The van der Waals surface area contributed by atoms with E-state index in [1.165, 1.54) is 14.8 Å². The maximum atomic E-state index is 4.25. The SMILES string of the molecule is CN=C1Cc2cc(I)ccc2N1C. The molecule has 0 atom stereocenters. The van der Waals surface area contributed by atoms with Crippen molar-refractivity contribution in [3.05, 3.63) is 27.3 Å². The number of aliphatic imine (C=N–C) groups is 1. The van der Waals surface area contributed by atoms with Gasteiger partial charge in [-0.15, -0.1) is 0 Å². The molecule has 1 aromatic rings. The second kappa shape index (κ2) is 3.29. The Morgan fingerprint density at radius 1 is 1.46 bits per heavy atom. The monoisotopic (exact) mass is 286 g/mol. The van der Waals surface area contributed by atoms with Crippen molar-refractivity contribution in [1.82, 2.24) is 0 Å². The molecule has 0 saturated heterocycles. The van der Waals surface area contributed by atoms with Crippen LogP contribution in [0.3, 0.4) is 0 Å². The molecule has 3 heteroatoms. The minimum atomic E-state index is 0.971. The molecule has 1 aliphatic heterocycles. The number of amidine groups is 1. The third-order valence-electron chi connectivity index (χ3n) is 2.40. The molecule has 2 nitrogen and oxygen atoms in total. The van der Waals surface area contributed by atoms with E-state index in [9.17, 15) is 0 Å². The number of halogens is 1. The maximum Gasteiger partial charge on any atom is 0.107 e. The zero-order chi connectivity index (χ0) is 9.42. The molecule has 1 aliphatic rings. The maximum absolute atomic E-state index is 4.25. The molecular formula is C10H11IN2. The second-order valence-electron chi connectivity index (χ2n) is 3.15. The van der Waals surface area contributed by atoms with Crippen LogP contribution in [0.25, 0.3) is 0 Å². The molecule has 0 aromatic heterocycles. The van der Waals surface area contributed by atoms with Gasteiger partial charge in [-0.1, -0.05) is 0 Å². The molecule has 68 valence electrons. The Hall–Kier alpha value is -0.580. The summed E-state index contributed by atoms with van der Waals surface area (Å²) in [5.41, 5.74) is 2.68. The third-order valence-corrected chi connectivity index (χ3v) is 3.07. The molecule has 1 aromatic carbocycles. The van der Waals surface area contributed by atoms with Crippen LogP contribution in [0.1, 0.15) is 5.56 Å². The summed E-state index contributed by atoms with van der Waals surface area (Å²) in [6, 6.07) is 6.52. The van der Waals surface area contributed by atoms with E-state index in [1.807, 2.05) is 7.05 Å². The molecule has 0 unspecified atom stereocenters. The highest BCUT2D eigenvalue weighted by molar-refractivity contribution is 14.1. The number of rotatable bonds is 0. The van der Waals surface area contributed by atoms with Gasteiger partial charge >= 0.3 is 0 Å². The standard InChI is InChI=1S/C10H11IN2/c1-12-10-6-7-5-8(11)3-4-9(7)13(10)2/h3-5H,6H2,1-2H3. The van der Waals surface area contributed by atoms with Gasteiger partial charge in [0.15, 0.2) is 0 Å². The van der Waals surface area contributed by atoms with Crippen LogP contribution in [0.2, 0.25) is 0 Å². The molecule has 1 heterocycles. The topological polar surface area (TPSA) is 15.6 Å². The van der Waals surface area contributed by atoms with Crippen LogP contribution < -0.4 is 4.90 Å². The van der Waals surface area contributed by atoms with Gasteiger partial charge in [0.05, 0.1) is 0 Å². The molecule has 13 heavy (non-hydrogen) atoms. The van der Waals surface area contributed by atoms with Crippen molar-refractivity contribution in [2.45, 2.75) is 6.42 Å². The predicted molar refractivity (Wildman–Crippen MR) is 64.6 cm³/mol. The smallest absolute Gasteiger partial charge is 0.107 e. The van der Waals surface area contributed by atoms with E-state index in [-0.39, 0.29) is 0 Å². The lowest BCUT2D eigenvalue weighted by Crippen LogP contribution is -2.21. The fourth-order valence-electron chi connectivity index (χ4n) is 1.68. The molecule has 0 radical (unpaired) electrons. The first-order chi connectivity index (χ1) is 6.22. The number of fused-ring (bicyclic) bond motifs is 1. The zero-order valence-electron chi connectivity index (χ0n) is 7.71. The fraction of sp³-hybridized carbons (Fsp3) is 0.300. The average molecular weight is 286 g/mol. The second-order valence-corrected chi connectivity index (χ2v) is 4.39. The number of benzene rings is 1. The highest BCUT2D eigenvalue weighted by Gasteiger charge is 2.21. The first-order valence-corrected chi connectivity index (χ1v) is 5.28. The van der Waals surface area contributed by atoms with Crippen LogP contribution in [-0.4, -0.2) is 19.9 Å². The Morgan fingerprint density at radius 3 is 2.92 bits per heavy atom. The number of likely N-dealkylation sites (N-methyl/N-ethyl adjacent to an activating group) is 1. The molecule has 0 spiro atoms. The minimum Gasteiger partial charge on any atom is -0.333 e. The van der Waals surface area contributed by atoms with Gasteiger partial charge in [0.1, 0.15) is 5.84 Å². The molecule has 0 N–H and O–H groups in total. The highest BCUT2D eigenvalue weighted by atomic mass is 127. The van der Waals surface area contributed by atoms with Crippen molar-refractivity contribution < 1.29 is 0 Å². The lowest BCUT2D eigenvalue weighted by molar-refractivity contribution is 1.24. The van der Waals surface area contributed by atoms with Crippen molar-refractivity contribution in [1.29, 1.82) is 0 Å². The summed E-state index contributed by atoms with van der Waals surface area (Å²) < 4.78 is 1.29. The quantitative estimate of drug-likeness (QED) is 0.668. The molecule has 0 aliphatic carbocycles. The van der Waals surface area contributed by atoms with Crippen LogP contribution in [0, 0.1) is 3.57 Å². The van der Waals surface area contributed by atoms with E-state index < -0.39 is 0 Å². The van der Waals surface area contributed by atoms with Crippen LogP contribution in [0.5, 0.6) is 0 Å². The van der Waals surface area contributed by atoms with Crippen molar-refractivity contribution in [2.75, 3.05) is 19.0 Å². The van der Waals surface area contributed by atoms with E-state index in [0.29, 0.717) is 0 Å². The van der Waals surface area contributed by atoms with Gasteiger partial charge in [0.25, 0.3) is 0 Å². The van der Waals surface area contributed by atoms with Gasteiger partial charge in [0.2, 0.25) is 0 Å². The summed E-state index contributed by atoms with van der Waals surface area (Å²) in [5, 5.41) is 0. The van der Waals surface area contributed by atoms with Crippen molar-refractivity contribution >= 4 is 34.1 Å². The summed E-state index contributed by atoms with van der Waals surface area (Å²) in [5.74, 6) is 1.15. The first-order valence-electron chi connectivity index (χ1n) is 4.20. The Bertz CT molecular complexity index is 371. The van der Waals surface area contributed by atoms with Crippen LogP contribution in [0.4, 0.5) is 5.69 Å². The molecule has 0 amide bonds. The lowest BCUT2D eigenvalue weighted by Gasteiger charge is -2.12. The van der Waals surface area contributed by atoms with E-state index in [0.717, 1.165) is 12.3 Å². The van der Waals surface area contributed by atoms with E-state index in [2.05, 4.69) is 57.7 Å². The zero-order valence-corrected chi connectivity index (χ0v) is 9.87. The van der Waals surface area contributed by atoms with Gasteiger partial charge in [-0.2, -0.15) is 0 Å². The Kier molecular flexibility index (Phi) is 2.27. The van der Waals surface area contributed by atoms with Crippen molar-refractivity contribution in [3.8, 4) is 0 Å². The number of anilines is 1. The summed E-state index contributed by atoms with van der Waals surface area (Å²) in [4.78, 5) is 6.41. The summed E-state index contributed by atoms with van der Waals surface area (Å²) in [7, 11) is 3.92. The molecule has 0 fully saturated rings. The Morgan fingerprint density at radius 2 is 2.23 bits per heavy atom. The Balaban J connectivity index is 2.50. The summed E-state index contributed by atoms with van der Waals surface area (Å²) in [6.07, 6.45) is 0.971. The Labute approximate surface area is 91.8 Å². The van der Waals surface area contributed by atoms with Crippen LogP contribution >= 0.6 is 22.6 Å². The fourth-order valence-corrected chi connectivity index (χ4v) is 2.24. The van der Waals surface area contributed by atoms with Crippen LogP contribution in [-0.2, 0) is 6.42 Å². The van der Waals surface area contributed by atoms with Crippen molar-refractivity contribution in [2.24, 2.45) is 4.99 Å². The largest absolute Gasteiger partial charge is 0.333 e. The molecule has 0 bridgehead atoms. The number of hydrogen-bond acceptors (Lipinski definition) is 1. The van der Waals surface area contributed by atoms with Gasteiger partial charge < -0.3 is 4.90 Å². The van der Waals surface area contributed by atoms with Gasteiger partial charge in [0, 0.05) is 29.8 Å². The number of hydrogen-bond donors (Lipinski definition) is 0. The summed E-state index contributed by atoms with van der Waals surface area (Å²) >= 11 is 2.34. The third kappa shape index (κ3) is 1.45. The van der Waals surface area contributed by atoms with Gasteiger partial charge in [-0.05, 0) is 46.4 Å². The van der Waals surface area contributed by atoms with Crippen molar-refractivity contribution in [3.63, 3.8) is 0 Å². The number of nitrogens with zero attached hydrogens (tertiary/aromatic N) is 2. The van der Waals surface area contributed by atoms with Gasteiger partial charge in [-0.3, -0.25) is 4.99 Å². The first kappa shape index (κ1) is 8.99. The molecular weight excluding hydrogens is 275 g/mol. The van der Waals surface area contributed by atoms with E-state index >= 15 is 0 Å². The molecule has 0 saturated carbocycles. The predicted octanol–water partition coefficient (Wildman–Crippen LogP) is 2.31. The summed E-state index contributed by atoms with van der Waals surface area (Å²) in [6.45, 7) is 0. The van der Waals surface area contributed by atoms with E-state index in [4.69, 9.17) is 0 Å². The van der Waals surface area contributed by atoms with Gasteiger partial charge in [-0.25, -0.2) is 0 Å². The van der Waals surface area contributed by atoms with Crippen LogP contribution in [0.15, 0.2) is 23.2 Å². The van der Waals surface area contributed by atoms with E-state index in [1.54, 1.807) is 0 Å². The average Bonchev–Trinajstić information content (AvgIpc) is 2.42. The lowest BCUT2D eigenvalue weighted by atomic mass is 10.2. The minimum absolute atomic E-state index is 0.971. The highest BCUT2D eigenvalue weighted by Crippen LogP contribution is 2.29. The normalized spacial score (nSPS) is 18.1.